The molecule has 3 unspecified atom stereocenters. The van der Waals surface area contributed by atoms with Gasteiger partial charge in [-0.25, -0.2) is 0 Å². The summed E-state index contributed by atoms with van der Waals surface area (Å²) in [4.78, 5) is 25.3. The molecule has 1 rings (SSSR count). The zero-order chi connectivity index (χ0) is 42.0. The maximum atomic E-state index is 12.7. The Hall–Kier alpha value is -3.43. The van der Waals surface area contributed by atoms with Gasteiger partial charge in [-0.3, -0.25) is 14.1 Å². The number of aliphatic hydroxyl groups is 3. The van der Waals surface area contributed by atoms with Crippen LogP contribution in [0.3, 0.4) is 0 Å². The van der Waals surface area contributed by atoms with E-state index in [0.29, 0.717) is 12.8 Å². The van der Waals surface area contributed by atoms with E-state index in [4.69, 9.17) is 18.9 Å². The molecule has 13 heteroatoms. The number of carbonyl (C=O) groups excluding carboxylic acids is 2. The Kier molecular flexibility index (Phi) is 30.3. The van der Waals surface area contributed by atoms with Crippen molar-refractivity contribution in [1.82, 2.24) is 0 Å². The second kappa shape index (κ2) is 33.5. The molecular formula is C44H68O12S. The Bertz CT molecular complexity index is 1430. The van der Waals surface area contributed by atoms with Crippen LogP contribution in [0.15, 0.2) is 97.2 Å². The standard InChI is InChI=1S/C44H68O12S/c1-3-5-7-9-11-13-15-17-18-19-21-22-24-26-28-30-32-39(45)53-34-37(35-54-44-43(49)42(48)41(47)38(56-44)36-57(50,51)52)55-40(46)33-31-29-27-25-23-20-16-14-12-10-8-6-4-2/h5-8,10-14,16-18,21-22,26,28,37-38,41-44,47-49H,3-4,9,15,19-20,23-25,27,29-36H2,1-2H3,(H,50,51,52)/b7-5+,8-6+,12-10+,13-11+,16-14+,18-17+,22-21+,28-26+/t37?,38-,41-,42?,43?,44+/m1/s1. The summed E-state index contributed by atoms with van der Waals surface area (Å²) in [5.74, 6) is -2.14. The number of hydrogen-bond acceptors (Lipinski definition) is 11. The summed E-state index contributed by atoms with van der Waals surface area (Å²) in [5, 5.41) is 30.8. The van der Waals surface area contributed by atoms with Crippen molar-refractivity contribution in [2.75, 3.05) is 19.0 Å². The predicted octanol–water partition coefficient (Wildman–Crippen LogP) is 7.49. The monoisotopic (exact) mass is 820 g/mol. The summed E-state index contributed by atoms with van der Waals surface area (Å²) in [6, 6.07) is 0. The van der Waals surface area contributed by atoms with E-state index in [1.54, 1.807) is 0 Å². The number of carbonyl (C=O) groups is 2. The van der Waals surface area contributed by atoms with E-state index in [1.165, 1.54) is 0 Å². The van der Waals surface area contributed by atoms with E-state index in [1.807, 2.05) is 42.5 Å². The van der Waals surface area contributed by atoms with Gasteiger partial charge in [0, 0.05) is 12.8 Å². The molecular weight excluding hydrogens is 753 g/mol. The SMILES string of the molecule is CC/C=C/C=C/C=C/CCCCCCCC(=O)OC(COC(=O)CC/C=C/C/C=C/C/C=C/C/C=C/C/C=C/CC)CO[C@H]1O[C@H](CS(=O)(=O)O)[C@@H](O)C(O)C1O. The molecule has 0 radical (unpaired) electrons. The van der Waals surface area contributed by atoms with Crippen molar-refractivity contribution < 1.29 is 56.8 Å². The molecule has 1 saturated heterocycles. The van der Waals surface area contributed by atoms with Crippen LogP contribution in [0.5, 0.6) is 0 Å². The Balaban J connectivity index is 2.57. The third-order valence-corrected chi connectivity index (χ3v) is 9.23. The Morgan fingerprint density at radius 3 is 1.79 bits per heavy atom. The fraction of sp³-hybridized carbons (Fsp3) is 0.591. The summed E-state index contributed by atoms with van der Waals surface area (Å²) in [5.41, 5.74) is 0. The Morgan fingerprint density at radius 2 is 1.18 bits per heavy atom. The molecule has 0 amide bonds. The van der Waals surface area contributed by atoms with Crippen molar-refractivity contribution in [1.29, 1.82) is 0 Å². The summed E-state index contributed by atoms with van der Waals surface area (Å²) >= 11 is 0. The highest BCUT2D eigenvalue weighted by molar-refractivity contribution is 7.85. The molecule has 0 spiro atoms. The summed E-state index contributed by atoms with van der Waals surface area (Å²) in [6.45, 7) is 3.39. The maximum Gasteiger partial charge on any atom is 0.306 e. The summed E-state index contributed by atoms with van der Waals surface area (Å²) in [7, 11) is -4.62. The summed E-state index contributed by atoms with van der Waals surface area (Å²) < 4.78 is 53.8. The second-order valence-electron chi connectivity index (χ2n) is 13.6. The lowest BCUT2D eigenvalue weighted by atomic mass is 10.00. The van der Waals surface area contributed by atoms with E-state index in [0.717, 1.165) is 70.6 Å². The van der Waals surface area contributed by atoms with Gasteiger partial charge in [-0.1, -0.05) is 130 Å². The first-order chi connectivity index (χ1) is 27.5. The minimum absolute atomic E-state index is 0.0842. The van der Waals surface area contributed by atoms with E-state index in [9.17, 15) is 37.9 Å². The molecule has 1 heterocycles. The first-order valence-electron chi connectivity index (χ1n) is 20.3. The largest absolute Gasteiger partial charge is 0.462 e. The Morgan fingerprint density at radius 1 is 0.614 bits per heavy atom. The zero-order valence-electron chi connectivity index (χ0n) is 33.9. The average Bonchev–Trinajstić information content (AvgIpc) is 3.17. The molecule has 4 N–H and O–H groups in total. The van der Waals surface area contributed by atoms with Gasteiger partial charge in [0.15, 0.2) is 12.4 Å². The molecule has 6 atom stereocenters. The van der Waals surface area contributed by atoms with Crippen molar-refractivity contribution in [3.05, 3.63) is 97.2 Å². The minimum atomic E-state index is -4.62. The van der Waals surface area contributed by atoms with Gasteiger partial charge in [0.25, 0.3) is 10.1 Å². The fourth-order valence-corrected chi connectivity index (χ4v) is 6.06. The number of ether oxygens (including phenoxy) is 4. The first kappa shape index (κ1) is 51.6. The van der Waals surface area contributed by atoms with Crippen molar-refractivity contribution >= 4 is 22.1 Å². The van der Waals surface area contributed by atoms with Gasteiger partial charge in [0.2, 0.25) is 0 Å². The molecule has 0 aromatic rings. The molecule has 0 saturated carbocycles. The first-order valence-corrected chi connectivity index (χ1v) is 21.9. The third-order valence-electron chi connectivity index (χ3n) is 8.48. The zero-order valence-corrected chi connectivity index (χ0v) is 34.7. The second-order valence-corrected chi connectivity index (χ2v) is 15.1. The fourth-order valence-electron chi connectivity index (χ4n) is 5.37. The third kappa shape index (κ3) is 28.6. The van der Waals surface area contributed by atoms with Crippen LogP contribution in [0, 0.1) is 0 Å². The van der Waals surface area contributed by atoms with Crippen LogP contribution >= 0.6 is 0 Å². The number of esters is 2. The lowest BCUT2D eigenvalue weighted by molar-refractivity contribution is -0.297. The van der Waals surface area contributed by atoms with Gasteiger partial charge in [-0.2, -0.15) is 8.42 Å². The van der Waals surface area contributed by atoms with Gasteiger partial charge in [-0.05, 0) is 64.2 Å². The van der Waals surface area contributed by atoms with Gasteiger partial charge < -0.3 is 34.3 Å². The molecule has 0 bridgehead atoms. The number of aliphatic hydroxyl groups excluding tert-OH is 3. The van der Waals surface area contributed by atoms with Gasteiger partial charge in [0.05, 0.1) is 6.61 Å². The Labute approximate surface area is 341 Å². The van der Waals surface area contributed by atoms with Crippen molar-refractivity contribution in [3.8, 4) is 0 Å². The highest BCUT2D eigenvalue weighted by Crippen LogP contribution is 2.23. The highest BCUT2D eigenvalue weighted by atomic mass is 32.2. The average molecular weight is 821 g/mol. The maximum absolute atomic E-state index is 12.7. The van der Waals surface area contributed by atoms with Crippen LogP contribution in [-0.4, -0.2) is 96.0 Å². The lowest BCUT2D eigenvalue weighted by Gasteiger charge is -2.40. The molecule has 0 aromatic heterocycles. The van der Waals surface area contributed by atoms with Crippen LogP contribution in [0.25, 0.3) is 0 Å². The minimum Gasteiger partial charge on any atom is -0.462 e. The van der Waals surface area contributed by atoms with Crippen molar-refractivity contribution in [2.45, 2.75) is 147 Å². The van der Waals surface area contributed by atoms with Crippen LogP contribution in [0.4, 0.5) is 0 Å². The quantitative estimate of drug-likeness (QED) is 0.0178. The van der Waals surface area contributed by atoms with Crippen molar-refractivity contribution in [2.24, 2.45) is 0 Å². The highest BCUT2D eigenvalue weighted by Gasteiger charge is 2.46. The van der Waals surface area contributed by atoms with Crippen LogP contribution in [0.2, 0.25) is 0 Å². The van der Waals surface area contributed by atoms with Crippen LogP contribution < -0.4 is 0 Å². The number of allylic oxidation sites excluding steroid dienone is 16. The molecule has 0 aromatic carbocycles. The van der Waals surface area contributed by atoms with Crippen LogP contribution in [-0.2, 0) is 38.7 Å². The summed E-state index contributed by atoms with van der Waals surface area (Å²) in [6.07, 6.45) is 34.8. The number of unbranched alkanes of at least 4 members (excludes halogenated alkanes) is 5. The molecule has 1 aliphatic rings. The molecule has 12 nitrogen and oxygen atoms in total. The van der Waals surface area contributed by atoms with E-state index in [-0.39, 0.29) is 19.4 Å². The van der Waals surface area contributed by atoms with E-state index < -0.39 is 71.2 Å². The van der Waals surface area contributed by atoms with Crippen molar-refractivity contribution in [3.63, 3.8) is 0 Å². The number of hydrogen-bond donors (Lipinski definition) is 4. The van der Waals surface area contributed by atoms with Gasteiger partial charge in [0.1, 0.15) is 36.8 Å². The topological polar surface area (TPSA) is 186 Å². The molecule has 1 aliphatic heterocycles. The van der Waals surface area contributed by atoms with E-state index >= 15 is 0 Å². The van der Waals surface area contributed by atoms with Gasteiger partial charge >= 0.3 is 11.9 Å². The smallest absolute Gasteiger partial charge is 0.306 e. The normalized spacial score (nSPS) is 21.5. The molecule has 322 valence electrons. The molecule has 57 heavy (non-hydrogen) atoms. The van der Waals surface area contributed by atoms with Crippen LogP contribution in [0.1, 0.15) is 110 Å². The predicted molar refractivity (Wildman–Crippen MR) is 224 cm³/mol. The number of rotatable bonds is 31. The lowest BCUT2D eigenvalue weighted by Crippen LogP contribution is -2.60. The molecule has 0 aliphatic carbocycles. The molecule has 1 fully saturated rings. The van der Waals surface area contributed by atoms with Gasteiger partial charge in [-0.15, -0.1) is 0 Å². The van der Waals surface area contributed by atoms with E-state index in [2.05, 4.69) is 68.5 Å².